The highest BCUT2D eigenvalue weighted by Gasteiger charge is 2.26. The van der Waals surface area contributed by atoms with Crippen LogP contribution < -0.4 is 10.2 Å². The van der Waals surface area contributed by atoms with Gasteiger partial charge in [0.15, 0.2) is 0 Å². The van der Waals surface area contributed by atoms with Gasteiger partial charge < -0.3 is 15.1 Å². The van der Waals surface area contributed by atoms with Crippen LogP contribution in [-0.2, 0) is 12.8 Å². The predicted molar refractivity (Wildman–Crippen MR) is 106 cm³/mol. The fourth-order valence-corrected chi connectivity index (χ4v) is 4.05. The molecule has 1 saturated heterocycles. The summed E-state index contributed by atoms with van der Waals surface area (Å²) < 4.78 is 0. The van der Waals surface area contributed by atoms with E-state index in [0.29, 0.717) is 0 Å². The van der Waals surface area contributed by atoms with Crippen LogP contribution in [0.25, 0.3) is 0 Å². The van der Waals surface area contributed by atoms with Crippen molar-refractivity contribution < 1.29 is 4.79 Å². The van der Waals surface area contributed by atoms with E-state index >= 15 is 0 Å². The second kappa shape index (κ2) is 7.55. The Morgan fingerprint density at radius 1 is 1.07 bits per heavy atom. The Labute approximate surface area is 160 Å². The summed E-state index contributed by atoms with van der Waals surface area (Å²) in [6, 6.07) is 8.85. The molecule has 2 heterocycles. The van der Waals surface area contributed by atoms with Crippen LogP contribution in [0.3, 0.4) is 0 Å². The summed E-state index contributed by atoms with van der Waals surface area (Å²) in [4.78, 5) is 25.6. The Bertz CT molecular complexity index is 829. The van der Waals surface area contributed by atoms with Gasteiger partial charge in [0.2, 0.25) is 0 Å². The molecule has 1 fully saturated rings. The van der Waals surface area contributed by atoms with E-state index in [1.807, 2.05) is 11.8 Å². The molecular weight excluding hydrogens is 338 g/mol. The number of benzene rings is 1. The third-order valence-corrected chi connectivity index (χ3v) is 5.85. The smallest absolute Gasteiger partial charge is 0.317 e. The number of hydrogen-bond donors (Lipinski definition) is 1. The molecule has 1 atom stereocenters. The highest BCUT2D eigenvalue weighted by Crippen LogP contribution is 2.22. The largest absolute Gasteiger partial charge is 0.353 e. The lowest BCUT2D eigenvalue weighted by Gasteiger charge is -2.37. The number of piperazine rings is 1. The minimum absolute atomic E-state index is 0.0645. The minimum Gasteiger partial charge on any atom is -0.353 e. The van der Waals surface area contributed by atoms with Crippen LogP contribution in [0.5, 0.6) is 0 Å². The van der Waals surface area contributed by atoms with Gasteiger partial charge in [0.1, 0.15) is 12.1 Å². The Morgan fingerprint density at radius 3 is 2.59 bits per heavy atom. The van der Waals surface area contributed by atoms with Crippen molar-refractivity contribution >= 4 is 11.8 Å². The van der Waals surface area contributed by atoms with Crippen LogP contribution in [0.2, 0.25) is 0 Å². The lowest BCUT2D eigenvalue weighted by molar-refractivity contribution is 0.189. The van der Waals surface area contributed by atoms with Crippen molar-refractivity contribution in [1.29, 1.82) is 0 Å². The normalized spacial score (nSPS) is 19.6. The molecular formula is C21H27N5O. The van der Waals surface area contributed by atoms with E-state index in [4.69, 9.17) is 0 Å². The van der Waals surface area contributed by atoms with Gasteiger partial charge in [0.05, 0.1) is 0 Å². The highest BCUT2D eigenvalue weighted by atomic mass is 16.2. The molecule has 1 aliphatic carbocycles. The lowest BCUT2D eigenvalue weighted by atomic mass is 9.88. The lowest BCUT2D eigenvalue weighted by Crippen LogP contribution is -2.54. The fraction of sp³-hybridized carbons (Fsp3) is 0.476. The molecule has 1 aromatic carbocycles. The van der Waals surface area contributed by atoms with Gasteiger partial charge in [-0.15, -0.1) is 0 Å². The molecule has 1 N–H and O–H groups in total. The fourth-order valence-electron chi connectivity index (χ4n) is 4.05. The molecule has 2 amide bonds. The average molecular weight is 365 g/mol. The van der Waals surface area contributed by atoms with Crippen molar-refractivity contribution in [1.82, 2.24) is 20.2 Å². The number of nitrogens with one attached hydrogen (secondary N) is 1. The highest BCUT2D eigenvalue weighted by molar-refractivity contribution is 5.75. The number of hydrogen-bond acceptors (Lipinski definition) is 4. The Balaban J connectivity index is 1.32. The van der Waals surface area contributed by atoms with Crippen molar-refractivity contribution in [3.8, 4) is 0 Å². The third kappa shape index (κ3) is 3.75. The molecule has 6 nitrogen and oxygen atoms in total. The van der Waals surface area contributed by atoms with E-state index in [0.717, 1.165) is 62.5 Å². The molecule has 27 heavy (non-hydrogen) atoms. The zero-order chi connectivity index (χ0) is 18.8. The van der Waals surface area contributed by atoms with Crippen LogP contribution in [0.1, 0.15) is 28.8 Å². The van der Waals surface area contributed by atoms with Crippen molar-refractivity contribution in [3.05, 3.63) is 53.0 Å². The van der Waals surface area contributed by atoms with Gasteiger partial charge in [-0.3, -0.25) is 0 Å². The maximum Gasteiger partial charge on any atom is 0.317 e. The van der Waals surface area contributed by atoms with E-state index in [1.165, 1.54) is 11.1 Å². The molecule has 1 aliphatic heterocycles. The van der Waals surface area contributed by atoms with E-state index in [1.54, 1.807) is 6.33 Å². The topological polar surface area (TPSA) is 61.4 Å². The van der Waals surface area contributed by atoms with Crippen molar-refractivity contribution in [3.63, 3.8) is 0 Å². The first kappa shape index (κ1) is 17.8. The first-order valence-corrected chi connectivity index (χ1v) is 9.77. The molecule has 4 rings (SSSR count). The van der Waals surface area contributed by atoms with Crippen molar-refractivity contribution in [2.24, 2.45) is 0 Å². The standard InChI is InChI=1S/C21H27N5O/c1-15-16(2)22-14-23-20(15)25-9-11-26(12-10-25)21(27)24-19-8-7-17-5-3-4-6-18(17)13-19/h3-6,14,19H,7-13H2,1-2H3,(H,24,27)/t19-/m1/s1. The summed E-state index contributed by atoms with van der Waals surface area (Å²) in [7, 11) is 0. The van der Waals surface area contributed by atoms with E-state index < -0.39 is 0 Å². The Hall–Kier alpha value is -2.63. The van der Waals surface area contributed by atoms with Gasteiger partial charge in [-0.05, 0) is 44.2 Å². The summed E-state index contributed by atoms with van der Waals surface area (Å²) in [6.45, 7) is 7.11. The quantitative estimate of drug-likeness (QED) is 0.888. The van der Waals surface area contributed by atoms with Gasteiger partial charge in [-0.1, -0.05) is 24.3 Å². The van der Waals surface area contributed by atoms with Gasteiger partial charge in [-0.25, -0.2) is 14.8 Å². The van der Waals surface area contributed by atoms with Crippen LogP contribution >= 0.6 is 0 Å². The van der Waals surface area contributed by atoms with E-state index in [2.05, 4.69) is 51.4 Å². The average Bonchev–Trinajstić information content (AvgIpc) is 2.70. The number of rotatable bonds is 2. The molecule has 2 aromatic rings. The summed E-state index contributed by atoms with van der Waals surface area (Å²) in [5, 5.41) is 3.25. The second-order valence-electron chi connectivity index (χ2n) is 7.54. The molecule has 0 saturated carbocycles. The number of carbonyl (C=O) groups is 1. The molecule has 1 aromatic heterocycles. The number of carbonyl (C=O) groups excluding carboxylic acids is 1. The van der Waals surface area contributed by atoms with Gasteiger partial charge in [0.25, 0.3) is 0 Å². The number of fused-ring (bicyclic) bond motifs is 1. The summed E-state index contributed by atoms with van der Waals surface area (Å²) in [6.07, 6.45) is 4.61. The van der Waals surface area contributed by atoms with Crippen LogP contribution in [0.4, 0.5) is 10.6 Å². The molecule has 0 spiro atoms. The minimum atomic E-state index is 0.0645. The molecule has 142 valence electrons. The van der Waals surface area contributed by atoms with Crippen LogP contribution in [0.15, 0.2) is 30.6 Å². The van der Waals surface area contributed by atoms with E-state index in [-0.39, 0.29) is 12.1 Å². The van der Waals surface area contributed by atoms with Crippen molar-refractivity contribution in [2.45, 2.75) is 39.2 Å². The van der Waals surface area contributed by atoms with Crippen LogP contribution in [0, 0.1) is 13.8 Å². The molecule has 0 unspecified atom stereocenters. The Kier molecular flexibility index (Phi) is 4.97. The number of aromatic nitrogens is 2. The number of nitrogens with zero attached hydrogens (tertiary/aromatic N) is 4. The summed E-state index contributed by atoms with van der Waals surface area (Å²) >= 11 is 0. The zero-order valence-electron chi connectivity index (χ0n) is 16.1. The summed E-state index contributed by atoms with van der Waals surface area (Å²) in [5.41, 5.74) is 4.93. The predicted octanol–water partition coefficient (Wildman–Crippen LogP) is 2.48. The maximum absolute atomic E-state index is 12.7. The maximum atomic E-state index is 12.7. The molecule has 0 radical (unpaired) electrons. The first-order chi connectivity index (χ1) is 13.1. The number of aryl methyl sites for hydroxylation is 2. The van der Waals surface area contributed by atoms with Gasteiger partial charge >= 0.3 is 6.03 Å². The monoisotopic (exact) mass is 365 g/mol. The molecule has 0 bridgehead atoms. The van der Waals surface area contributed by atoms with Gasteiger partial charge in [-0.2, -0.15) is 0 Å². The SMILES string of the molecule is Cc1ncnc(N2CCN(C(=O)N[C@@H]3CCc4ccccc4C3)CC2)c1C. The second-order valence-corrected chi connectivity index (χ2v) is 7.54. The van der Waals surface area contributed by atoms with Gasteiger partial charge in [0, 0.05) is 43.5 Å². The molecule has 6 heteroatoms. The number of amides is 2. The molecule has 2 aliphatic rings. The van der Waals surface area contributed by atoms with Crippen molar-refractivity contribution in [2.75, 3.05) is 31.1 Å². The third-order valence-electron chi connectivity index (χ3n) is 5.85. The number of anilines is 1. The summed E-state index contributed by atoms with van der Waals surface area (Å²) in [5.74, 6) is 0.992. The Morgan fingerprint density at radius 2 is 1.81 bits per heavy atom. The zero-order valence-corrected chi connectivity index (χ0v) is 16.1. The number of urea groups is 1. The first-order valence-electron chi connectivity index (χ1n) is 9.77. The van der Waals surface area contributed by atoms with E-state index in [9.17, 15) is 4.79 Å². The van der Waals surface area contributed by atoms with Crippen LogP contribution in [-0.4, -0.2) is 53.1 Å².